The largest absolute Gasteiger partial charge is 0.481 e. The van der Waals surface area contributed by atoms with Crippen LogP contribution in [0.4, 0.5) is 0 Å². The summed E-state index contributed by atoms with van der Waals surface area (Å²) < 4.78 is 0. The molecule has 0 aromatic rings. The van der Waals surface area contributed by atoms with E-state index in [0.717, 1.165) is 0 Å². The zero-order valence-electron chi connectivity index (χ0n) is 9.09. The van der Waals surface area contributed by atoms with E-state index in [1.165, 1.54) is 0 Å². The van der Waals surface area contributed by atoms with Gasteiger partial charge in [-0.25, -0.2) is 0 Å². The Morgan fingerprint density at radius 3 is 1.94 bits per heavy atom. The molecule has 0 amide bonds. The lowest BCUT2D eigenvalue weighted by atomic mass is 10.2. The second-order valence-electron chi connectivity index (χ2n) is 2.51. The van der Waals surface area contributed by atoms with Gasteiger partial charge in [-0.2, -0.15) is 0 Å². The van der Waals surface area contributed by atoms with Crippen molar-refractivity contribution >= 4 is 5.97 Å². The Bertz CT molecular complexity index is 572. The second-order valence-corrected chi connectivity index (χ2v) is 2.51. The van der Waals surface area contributed by atoms with Crippen LogP contribution in [0.5, 0.6) is 0 Å². The van der Waals surface area contributed by atoms with Crippen LogP contribution in [0.2, 0.25) is 0 Å². The zero-order chi connectivity index (χ0) is 12.9. The summed E-state index contributed by atoms with van der Waals surface area (Å²) in [7, 11) is 0. The molecule has 82 valence electrons. The van der Waals surface area contributed by atoms with Gasteiger partial charge in [-0.05, 0) is 54.3 Å². The number of carbonyl (C=O) groups is 1. The third kappa shape index (κ3) is 11.2. The van der Waals surface area contributed by atoms with Gasteiger partial charge in [-0.3, -0.25) is 4.79 Å². The van der Waals surface area contributed by atoms with Crippen molar-refractivity contribution in [3.8, 4) is 59.2 Å². The summed E-state index contributed by atoms with van der Waals surface area (Å²) in [5.74, 6) is 23.0. The predicted octanol–water partition coefficient (Wildman–Crippen LogP) is -0.141. The Morgan fingerprint density at radius 1 is 1.00 bits per heavy atom. The topological polar surface area (TPSA) is 57.5 Å². The number of hydrogen-bond acceptors (Lipinski definition) is 2. The van der Waals surface area contributed by atoms with E-state index in [2.05, 4.69) is 59.2 Å². The van der Waals surface area contributed by atoms with E-state index in [4.69, 9.17) is 10.2 Å². The van der Waals surface area contributed by atoms with E-state index < -0.39 is 18.5 Å². The Balaban J connectivity index is 4.21. The summed E-state index contributed by atoms with van der Waals surface area (Å²) in [5.41, 5.74) is 0. The van der Waals surface area contributed by atoms with Gasteiger partial charge in [0, 0.05) is 0 Å². The monoisotopic (exact) mass is 224 g/mol. The maximum Gasteiger partial charge on any atom is 0.307 e. The van der Waals surface area contributed by atoms with E-state index in [1.54, 1.807) is 6.92 Å². The summed E-state index contributed by atoms with van der Waals surface area (Å²) in [5, 5.41) is 17.3. The van der Waals surface area contributed by atoms with E-state index in [1.807, 2.05) is 0 Å². The Hall–Kier alpha value is -2.77. The molecule has 0 heterocycles. The molecule has 0 aromatic heterocycles. The van der Waals surface area contributed by atoms with Gasteiger partial charge in [0.1, 0.15) is 6.10 Å². The first-order valence-corrected chi connectivity index (χ1v) is 4.49. The minimum Gasteiger partial charge on any atom is -0.481 e. The average Bonchev–Trinajstić information content (AvgIpc) is 2.26. The van der Waals surface area contributed by atoms with E-state index in [9.17, 15) is 4.79 Å². The van der Waals surface area contributed by atoms with Crippen LogP contribution < -0.4 is 0 Å². The lowest BCUT2D eigenvalue weighted by molar-refractivity contribution is -0.138. The normalized spacial score (nSPS) is 7.88. The smallest absolute Gasteiger partial charge is 0.307 e. The van der Waals surface area contributed by atoms with Crippen molar-refractivity contribution in [1.29, 1.82) is 0 Å². The molecule has 2 N–H and O–H groups in total. The van der Waals surface area contributed by atoms with Crippen LogP contribution in [-0.2, 0) is 4.79 Å². The zero-order valence-corrected chi connectivity index (χ0v) is 9.09. The second kappa shape index (κ2) is 9.77. The van der Waals surface area contributed by atoms with Crippen LogP contribution in [0.3, 0.4) is 0 Å². The van der Waals surface area contributed by atoms with Gasteiger partial charge < -0.3 is 10.2 Å². The van der Waals surface area contributed by atoms with Gasteiger partial charge in [-0.1, -0.05) is 11.8 Å². The predicted molar refractivity (Wildman–Crippen MR) is 62.8 cm³/mol. The minimum absolute atomic E-state index is 0.429. The minimum atomic E-state index is -1.21. The summed E-state index contributed by atoms with van der Waals surface area (Å²) in [6.07, 6.45) is -1.64. The van der Waals surface area contributed by atoms with Crippen molar-refractivity contribution in [3.05, 3.63) is 0 Å². The quantitative estimate of drug-likeness (QED) is 0.642. The fourth-order valence-electron chi connectivity index (χ4n) is 0.586. The van der Waals surface area contributed by atoms with Gasteiger partial charge in [0.15, 0.2) is 0 Å². The number of carboxylic acid groups (broad SMARTS) is 1. The number of rotatable bonds is 2. The highest BCUT2D eigenvalue weighted by atomic mass is 16.4. The summed E-state index contributed by atoms with van der Waals surface area (Å²) in [4.78, 5) is 10.2. The Kier molecular flexibility index (Phi) is 8.18. The van der Waals surface area contributed by atoms with Gasteiger partial charge in [0.05, 0.1) is 6.42 Å². The first-order chi connectivity index (χ1) is 8.16. The summed E-state index contributed by atoms with van der Waals surface area (Å²) in [6.45, 7) is 1.67. The van der Waals surface area contributed by atoms with Crippen molar-refractivity contribution in [1.82, 2.24) is 0 Å². The van der Waals surface area contributed by atoms with Crippen LogP contribution in [0, 0.1) is 59.2 Å². The first kappa shape index (κ1) is 14.2. The molecule has 0 fully saturated rings. The number of carboxylic acids is 1. The van der Waals surface area contributed by atoms with Gasteiger partial charge in [0.25, 0.3) is 0 Å². The lowest BCUT2D eigenvalue weighted by Crippen LogP contribution is -2.09. The molecule has 17 heavy (non-hydrogen) atoms. The van der Waals surface area contributed by atoms with E-state index in [-0.39, 0.29) is 0 Å². The van der Waals surface area contributed by atoms with Crippen LogP contribution >= 0.6 is 0 Å². The molecule has 0 aliphatic rings. The summed E-state index contributed by atoms with van der Waals surface area (Å²) in [6, 6.07) is 0. The fraction of sp³-hybridized carbons (Fsp3) is 0.214. The van der Waals surface area contributed by atoms with Gasteiger partial charge in [-0.15, -0.1) is 0 Å². The molecule has 0 bridgehead atoms. The first-order valence-electron chi connectivity index (χ1n) is 4.49. The van der Waals surface area contributed by atoms with Gasteiger partial charge >= 0.3 is 5.97 Å². The molecule has 1 unspecified atom stereocenters. The van der Waals surface area contributed by atoms with Crippen LogP contribution in [0.1, 0.15) is 13.3 Å². The molecule has 0 saturated heterocycles. The number of aliphatic hydroxyl groups is 1. The molecule has 0 aromatic carbocycles. The van der Waals surface area contributed by atoms with E-state index in [0.29, 0.717) is 0 Å². The molecule has 0 saturated carbocycles. The van der Waals surface area contributed by atoms with Crippen molar-refractivity contribution < 1.29 is 15.0 Å². The third-order valence-electron chi connectivity index (χ3n) is 1.17. The molecule has 1 atom stereocenters. The standard InChI is InChI=1S/C14H8O3/c1-2-3-4-5-6-7-8-9-10-11-13(15)12-14(16)17/h13,15H,12H2,1H3,(H,16,17). The highest BCUT2D eigenvalue weighted by Crippen LogP contribution is 1.87. The van der Waals surface area contributed by atoms with Crippen molar-refractivity contribution in [2.75, 3.05) is 0 Å². The van der Waals surface area contributed by atoms with Crippen molar-refractivity contribution in [2.24, 2.45) is 0 Å². The highest BCUT2D eigenvalue weighted by molar-refractivity contribution is 5.68. The SMILES string of the molecule is CC#CC#CC#CC#CC#CC(O)CC(=O)O. The Labute approximate surface area is 100 Å². The molecule has 0 aliphatic heterocycles. The molecule has 3 heteroatoms. The van der Waals surface area contributed by atoms with E-state index >= 15 is 0 Å². The fourth-order valence-corrected chi connectivity index (χ4v) is 0.586. The lowest BCUT2D eigenvalue weighted by Gasteiger charge is -1.94. The van der Waals surface area contributed by atoms with Gasteiger partial charge in [0.2, 0.25) is 0 Å². The molecular weight excluding hydrogens is 216 g/mol. The molecule has 0 radical (unpaired) electrons. The number of hydrogen-bond donors (Lipinski definition) is 2. The summed E-state index contributed by atoms with van der Waals surface area (Å²) >= 11 is 0. The number of aliphatic hydroxyl groups excluding tert-OH is 1. The van der Waals surface area contributed by atoms with Crippen LogP contribution in [0.25, 0.3) is 0 Å². The average molecular weight is 224 g/mol. The molecule has 3 nitrogen and oxygen atoms in total. The van der Waals surface area contributed by atoms with Crippen molar-refractivity contribution in [3.63, 3.8) is 0 Å². The third-order valence-corrected chi connectivity index (χ3v) is 1.17. The highest BCUT2D eigenvalue weighted by Gasteiger charge is 2.04. The van der Waals surface area contributed by atoms with Crippen LogP contribution in [-0.4, -0.2) is 22.3 Å². The molecule has 0 spiro atoms. The number of aliphatic carboxylic acids is 1. The maximum atomic E-state index is 10.2. The molecule has 0 rings (SSSR count). The van der Waals surface area contributed by atoms with Crippen molar-refractivity contribution in [2.45, 2.75) is 19.4 Å². The Morgan fingerprint density at radius 2 is 1.47 bits per heavy atom. The maximum absolute atomic E-state index is 10.2. The molecule has 0 aliphatic carbocycles. The van der Waals surface area contributed by atoms with Crippen LogP contribution in [0.15, 0.2) is 0 Å². The molecular formula is C14H8O3.